The van der Waals surface area contributed by atoms with Gasteiger partial charge in [-0.2, -0.15) is 0 Å². The topological polar surface area (TPSA) is 119 Å². The van der Waals surface area contributed by atoms with Crippen molar-refractivity contribution in [1.29, 1.82) is 0 Å². The van der Waals surface area contributed by atoms with Gasteiger partial charge in [-0.15, -0.1) is 21.5 Å². The Kier molecular flexibility index (Phi) is 13.2. The van der Waals surface area contributed by atoms with Crippen LogP contribution in [0.15, 0.2) is 29.3 Å². The second-order valence-electron chi connectivity index (χ2n) is 14.9. The largest absolute Gasteiger partial charge is 0.444 e. The number of aliphatic imine (C=N–C) groups is 1. The lowest BCUT2D eigenvalue weighted by atomic mass is 9.89. The number of unbranched alkanes of at least 4 members (excludes halogenated alkanes) is 3. The van der Waals surface area contributed by atoms with Gasteiger partial charge in [-0.25, -0.2) is 4.79 Å². The van der Waals surface area contributed by atoms with Crippen LogP contribution >= 0.6 is 22.9 Å². The third-order valence-corrected chi connectivity index (χ3v) is 11.2. The zero-order valence-electron chi connectivity index (χ0n) is 31.0. The molecule has 2 aliphatic rings. The van der Waals surface area contributed by atoms with Crippen LogP contribution in [0.25, 0.3) is 5.00 Å². The Morgan fingerprint density at radius 2 is 1.67 bits per heavy atom. The Morgan fingerprint density at radius 3 is 2.37 bits per heavy atom. The number of aromatic nitrogens is 3. The first kappa shape index (κ1) is 38.8. The van der Waals surface area contributed by atoms with E-state index in [9.17, 15) is 14.4 Å². The van der Waals surface area contributed by atoms with E-state index in [4.69, 9.17) is 21.3 Å². The van der Waals surface area contributed by atoms with Gasteiger partial charge in [-0.3, -0.25) is 19.1 Å². The molecule has 1 saturated heterocycles. The number of piperidine rings is 1. The van der Waals surface area contributed by atoms with Gasteiger partial charge >= 0.3 is 6.09 Å². The summed E-state index contributed by atoms with van der Waals surface area (Å²) in [5.41, 5.74) is 3.56. The van der Waals surface area contributed by atoms with Gasteiger partial charge in [0.25, 0.3) is 0 Å². The van der Waals surface area contributed by atoms with Crippen molar-refractivity contribution in [2.24, 2.45) is 10.9 Å². The average Bonchev–Trinajstić information content (AvgIpc) is 3.56. The quantitative estimate of drug-likeness (QED) is 0.156. The van der Waals surface area contributed by atoms with Crippen molar-refractivity contribution in [1.82, 2.24) is 25.0 Å². The molecule has 2 aliphatic heterocycles. The summed E-state index contributed by atoms with van der Waals surface area (Å²) in [6.07, 6.45) is 7.14. The van der Waals surface area contributed by atoms with Crippen molar-refractivity contribution in [2.75, 3.05) is 26.2 Å². The number of likely N-dealkylation sites (tertiary alicyclic amines) is 1. The van der Waals surface area contributed by atoms with Crippen molar-refractivity contribution >= 4 is 46.3 Å². The number of Topliss-reactive ketones (excluding diaryl/α,β-unsaturated/α-hetero) is 2. The van der Waals surface area contributed by atoms with E-state index in [1.165, 1.54) is 10.4 Å². The molecule has 1 atom stereocenters. The normalized spacial score (nSPS) is 16.6. The third-order valence-electron chi connectivity index (χ3n) is 9.77. The summed E-state index contributed by atoms with van der Waals surface area (Å²) in [5, 5.41) is 13.4. The maximum absolute atomic E-state index is 13.4. The number of ether oxygens (including phenoxy) is 1. The van der Waals surface area contributed by atoms with Gasteiger partial charge in [-0.1, -0.05) is 30.2 Å². The smallest absolute Gasteiger partial charge is 0.407 e. The third kappa shape index (κ3) is 10.4. The summed E-state index contributed by atoms with van der Waals surface area (Å²) in [7, 11) is 0. The number of nitrogens with one attached hydrogen (secondary N) is 1. The highest BCUT2D eigenvalue weighted by atomic mass is 35.5. The minimum atomic E-state index is -0.501. The van der Waals surface area contributed by atoms with Crippen molar-refractivity contribution < 1.29 is 19.1 Å². The Morgan fingerprint density at radius 1 is 0.961 bits per heavy atom. The molecule has 51 heavy (non-hydrogen) atoms. The average molecular weight is 737 g/mol. The fourth-order valence-corrected chi connectivity index (χ4v) is 8.24. The molecule has 0 radical (unpaired) electrons. The monoisotopic (exact) mass is 736 g/mol. The van der Waals surface area contributed by atoms with Gasteiger partial charge < -0.3 is 15.0 Å². The number of halogens is 1. The molecule has 2 aromatic heterocycles. The van der Waals surface area contributed by atoms with E-state index in [1.54, 1.807) is 11.3 Å². The molecule has 276 valence electrons. The van der Waals surface area contributed by atoms with Gasteiger partial charge in [-0.05, 0) is 117 Å². The lowest BCUT2D eigenvalue weighted by molar-refractivity contribution is -0.124. The Bertz CT molecular complexity index is 1720. The van der Waals surface area contributed by atoms with E-state index < -0.39 is 17.7 Å². The Hall–Kier alpha value is -3.41. The molecule has 1 amide bonds. The summed E-state index contributed by atoms with van der Waals surface area (Å²) in [5.74, 6) is 2.18. The second-order valence-corrected chi connectivity index (χ2v) is 16.6. The number of nitrogens with zero attached hydrogens (tertiary/aromatic N) is 5. The van der Waals surface area contributed by atoms with Crippen molar-refractivity contribution in [3.8, 4) is 5.00 Å². The number of thiophene rings is 1. The number of fused-ring (bicyclic) bond motifs is 3. The first-order valence-electron chi connectivity index (χ1n) is 18.4. The van der Waals surface area contributed by atoms with Gasteiger partial charge in [0.1, 0.15) is 34.0 Å². The molecule has 0 saturated carbocycles. The second kappa shape index (κ2) is 17.4. The molecule has 1 aromatic carbocycles. The number of alkyl carbamates (subject to hydrolysis) is 1. The van der Waals surface area contributed by atoms with Crippen molar-refractivity contribution in [2.45, 2.75) is 117 Å². The molecule has 1 fully saturated rings. The van der Waals surface area contributed by atoms with Gasteiger partial charge in [0, 0.05) is 52.8 Å². The number of hydrogen-bond donors (Lipinski definition) is 1. The standard InChI is InChI=1S/C39H53ClN6O4S/c1-25-26(2)51-37-34(25)35(29-14-16-30(40)17-15-29)42-32(36-44-43-27(3)46(36)37)24-31(47)12-9-11-21-45-22-18-28(19-23-45)33(48)13-8-7-10-20-41-38(49)50-39(4,5)6/h14-17,28,32H,7-13,18-24H2,1-6H3,(H,41,49)/t32-/m0/s1. The summed E-state index contributed by atoms with van der Waals surface area (Å²) < 4.78 is 7.34. The Balaban J connectivity index is 1.06. The zero-order valence-corrected chi connectivity index (χ0v) is 32.6. The van der Waals surface area contributed by atoms with Gasteiger partial charge in [0.2, 0.25) is 0 Å². The predicted octanol–water partition coefficient (Wildman–Crippen LogP) is 8.30. The fourth-order valence-electron chi connectivity index (χ4n) is 6.90. The number of benzene rings is 1. The van der Waals surface area contributed by atoms with Crippen LogP contribution in [0.5, 0.6) is 0 Å². The zero-order chi connectivity index (χ0) is 36.7. The Labute approximate surface area is 311 Å². The molecule has 12 heteroatoms. The van der Waals surface area contributed by atoms with E-state index in [-0.39, 0.29) is 18.1 Å². The fraction of sp³-hybridized carbons (Fsp3) is 0.590. The first-order chi connectivity index (χ1) is 24.3. The molecule has 4 heterocycles. The molecule has 0 spiro atoms. The minimum absolute atomic E-state index is 0.142. The number of hydrogen-bond acceptors (Lipinski definition) is 9. The van der Waals surface area contributed by atoms with Crippen molar-refractivity contribution in [3.05, 3.63) is 62.5 Å². The molecular formula is C39H53ClN6O4S. The molecule has 0 bridgehead atoms. The molecule has 10 nitrogen and oxygen atoms in total. The van der Waals surface area contributed by atoms with Crippen LogP contribution in [0, 0.1) is 26.7 Å². The predicted molar refractivity (Wildman–Crippen MR) is 204 cm³/mol. The molecule has 5 rings (SSSR count). The van der Waals surface area contributed by atoms with Crippen molar-refractivity contribution in [3.63, 3.8) is 0 Å². The van der Waals surface area contributed by atoms with Crippen LogP contribution in [0.1, 0.15) is 124 Å². The minimum Gasteiger partial charge on any atom is -0.444 e. The number of rotatable bonds is 15. The summed E-state index contributed by atoms with van der Waals surface area (Å²) in [6.45, 7) is 15.1. The number of amides is 1. The van der Waals surface area contributed by atoms with E-state index in [0.717, 1.165) is 92.2 Å². The number of carbonyl (C=O) groups is 3. The molecule has 0 aliphatic carbocycles. The number of aryl methyl sites for hydroxylation is 2. The van der Waals surface area contributed by atoms with Crippen LogP contribution in [0.3, 0.4) is 0 Å². The highest BCUT2D eigenvalue weighted by Crippen LogP contribution is 2.39. The van der Waals surface area contributed by atoms with Gasteiger partial charge in [0.15, 0.2) is 5.82 Å². The van der Waals surface area contributed by atoms with E-state index in [1.807, 2.05) is 52.0 Å². The lowest BCUT2D eigenvalue weighted by Crippen LogP contribution is -2.36. The first-order valence-corrected chi connectivity index (χ1v) is 19.6. The van der Waals surface area contributed by atoms with E-state index in [0.29, 0.717) is 36.0 Å². The maximum atomic E-state index is 13.4. The van der Waals surface area contributed by atoms with Crippen LogP contribution in [-0.4, -0.2) is 74.8 Å². The van der Waals surface area contributed by atoms with E-state index in [2.05, 4.69) is 38.8 Å². The highest BCUT2D eigenvalue weighted by molar-refractivity contribution is 7.15. The highest BCUT2D eigenvalue weighted by Gasteiger charge is 2.32. The lowest BCUT2D eigenvalue weighted by Gasteiger charge is -2.31. The van der Waals surface area contributed by atoms with Crippen LogP contribution < -0.4 is 5.32 Å². The van der Waals surface area contributed by atoms with Crippen LogP contribution in [0.2, 0.25) is 5.02 Å². The molecule has 1 N–H and O–H groups in total. The van der Waals surface area contributed by atoms with Crippen LogP contribution in [-0.2, 0) is 14.3 Å². The number of ketones is 2. The SMILES string of the molecule is Cc1sc2c(c1C)C(c1ccc(Cl)cc1)=N[C@@H](CC(=O)CCCCN1CCC(C(=O)CCCCCNC(=O)OC(C)(C)C)CC1)c1nnc(C)n1-2. The summed E-state index contributed by atoms with van der Waals surface area (Å²) in [4.78, 5) is 46.9. The number of carbonyl (C=O) groups excluding carboxylic acids is 3. The van der Waals surface area contributed by atoms with Crippen LogP contribution in [0.4, 0.5) is 4.79 Å². The maximum Gasteiger partial charge on any atom is 0.407 e. The molecular weight excluding hydrogens is 684 g/mol. The molecule has 3 aromatic rings. The van der Waals surface area contributed by atoms with E-state index >= 15 is 0 Å². The molecule has 0 unspecified atom stereocenters. The van der Waals surface area contributed by atoms with Gasteiger partial charge in [0.05, 0.1) is 5.71 Å². The summed E-state index contributed by atoms with van der Waals surface area (Å²) in [6, 6.07) is 7.30. The summed E-state index contributed by atoms with van der Waals surface area (Å²) >= 11 is 7.94.